The van der Waals surface area contributed by atoms with Crippen LogP contribution in [0, 0.1) is 24.2 Å². The molecule has 1 amide bonds. The molecule has 0 unspecified atom stereocenters. The fourth-order valence-electron chi connectivity index (χ4n) is 6.79. The third kappa shape index (κ3) is 2.80. The van der Waals surface area contributed by atoms with E-state index in [1.54, 1.807) is 39.2 Å². The molecule has 2 aromatic carbocycles. The summed E-state index contributed by atoms with van der Waals surface area (Å²) in [4.78, 5) is 25.1. The lowest BCUT2D eigenvalue weighted by Crippen LogP contribution is -2.62. The van der Waals surface area contributed by atoms with Gasteiger partial charge in [-0.2, -0.15) is 5.26 Å². The van der Waals surface area contributed by atoms with Crippen molar-refractivity contribution in [3.63, 3.8) is 0 Å². The lowest BCUT2D eigenvalue weighted by atomic mass is 9.69. The predicted molar refractivity (Wildman–Crippen MR) is 142 cm³/mol. The number of amides is 1. The number of aromatic nitrogens is 1. The molecule has 1 saturated carbocycles. The Morgan fingerprint density at radius 2 is 1.84 bits per heavy atom. The number of fused-ring (bicyclic) bond motifs is 1. The molecule has 5 atom stereocenters. The van der Waals surface area contributed by atoms with Gasteiger partial charge in [-0.15, -0.1) is 0 Å². The van der Waals surface area contributed by atoms with Crippen LogP contribution in [0.5, 0.6) is 5.75 Å². The molecule has 1 aliphatic carbocycles. The van der Waals surface area contributed by atoms with Crippen molar-refractivity contribution in [2.24, 2.45) is 10.9 Å². The number of aliphatic hydroxyl groups is 1. The van der Waals surface area contributed by atoms with Gasteiger partial charge in [-0.1, -0.05) is 54.1 Å². The molecule has 1 spiro atoms. The van der Waals surface area contributed by atoms with E-state index in [4.69, 9.17) is 21.3 Å². The number of benzene rings is 2. The number of amidine groups is 1. The van der Waals surface area contributed by atoms with Crippen molar-refractivity contribution in [2.45, 2.75) is 36.6 Å². The van der Waals surface area contributed by atoms with Crippen LogP contribution in [0.3, 0.4) is 0 Å². The van der Waals surface area contributed by atoms with Crippen molar-refractivity contribution in [1.29, 1.82) is 5.26 Å². The summed E-state index contributed by atoms with van der Waals surface area (Å²) in [5, 5.41) is 25.7. The minimum atomic E-state index is -1.92. The highest BCUT2D eigenvalue weighted by Crippen LogP contribution is 2.74. The van der Waals surface area contributed by atoms with Gasteiger partial charge in [0.05, 0.1) is 28.9 Å². The van der Waals surface area contributed by atoms with Gasteiger partial charge in [-0.05, 0) is 37.1 Å². The Bertz CT molecular complexity index is 1550. The second-order valence-electron chi connectivity index (χ2n) is 10.4. The first-order valence-corrected chi connectivity index (χ1v) is 12.7. The zero-order valence-corrected chi connectivity index (χ0v) is 22.1. The zero-order chi connectivity index (χ0) is 27.0. The van der Waals surface area contributed by atoms with Gasteiger partial charge in [0.25, 0.3) is 0 Å². The first-order valence-electron chi connectivity index (χ1n) is 12.3. The molecule has 8 nitrogen and oxygen atoms in total. The number of rotatable bonds is 3. The highest BCUT2D eigenvalue weighted by molar-refractivity contribution is 6.30. The van der Waals surface area contributed by atoms with Crippen LogP contribution in [0.15, 0.2) is 65.7 Å². The third-order valence-electron chi connectivity index (χ3n) is 8.03. The molecule has 6 rings (SSSR count). The van der Waals surface area contributed by atoms with Crippen LogP contribution in [0.25, 0.3) is 0 Å². The average molecular weight is 528 g/mol. The number of hydrogen-bond donors (Lipinski definition) is 2. The Kier molecular flexibility index (Phi) is 5.16. The van der Waals surface area contributed by atoms with Crippen LogP contribution in [0.4, 0.5) is 0 Å². The molecular weight excluding hydrogens is 502 g/mol. The molecule has 2 aliphatic heterocycles. The molecule has 0 radical (unpaired) electrons. The molecule has 1 aromatic heterocycles. The largest absolute Gasteiger partial charge is 0.478 e. The molecule has 3 heterocycles. The van der Waals surface area contributed by atoms with E-state index in [2.05, 4.69) is 16.4 Å². The molecular formula is C29H26ClN5O3. The molecule has 9 heteroatoms. The monoisotopic (exact) mass is 527 g/mol. The number of aliphatic imine (C=N–C) groups is 1. The van der Waals surface area contributed by atoms with E-state index in [0.29, 0.717) is 34.0 Å². The van der Waals surface area contributed by atoms with E-state index in [1.165, 1.54) is 4.90 Å². The van der Waals surface area contributed by atoms with Crippen LogP contribution in [-0.4, -0.2) is 46.6 Å². The van der Waals surface area contributed by atoms with E-state index in [1.807, 2.05) is 49.4 Å². The molecule has 192 valence electrons. The highest BCUT2D eigenvalue weighted by Gasteiger charge is 2.86. The van der Waals surface area contributed by atoms with E-state index in [9.17, 15) is 15.2 Å². The number of nitriles is 1. The summed E-state index contributed by atoms with van der Waals surface area (Å²) in [6, 6.07) is 20.5. The maximum Gasteiger partial charge on any atom is 0.230 e. The number of nitrogens with zero attached hydrogens (tertiary/aromatic N) is 4. The smallest absolute Gasteiger partial charge is 0.230 e. The highest BCUT2D eigenvalue weighted by atomic mass is 35.5. The average Bonchev–Trinajstić information content (AvgIpc) is 3.39. The van der Waals surface area contributed by atoms with Crippen LogP contribution in [0.2, 0.25) is 5.15 Å². The van der Waals surface area contributed by atoms with Crippen LogP contribution >= 0.6 is 11.6 Å². The quantitative estimate of drug-likeness (QED) is 0.503. The molecule has 3 aliphatic rings. The number of nitrogens with one attached hydrogen (secondary N) is 1. The van der Waals surface area contributed by atoms with E-state index in [-0.39, 0.29) is 11.1 Å². The predicted octanol–water partition coefficient (Wildman–Crippen LogP) is 3.61. The first kappa shape index (κ1) is 24.4. The van der Waals surface area contributed by atoms with E-state index < -0.39 is 28.7 Å². The van der Waals surface area contributed by atoms with Crippen molar-refractivity contribution in [2.75, 3.05) is 14.1 Å². The van der Waals surface area contributed by atoms with Gasteiger partial charge in [0, 0.05) is 31.8 Å². The van der Waals surface area contributed by atoms with Crippen molar-refractivity contribution in [3.05, 3.63) is 93.8 Å². The van der Waals surface area contributed by atoms with Crippen LogP contribution in [0.1, 0.15) is 40.8 Å². The van der Waals surface area contributed by atoms with Gasteiger partial charge in [-0.25, -0.2) is 4.98 Å². The zero-order valence-electron chi connectivity index (χ0n) is 21.4. The molecule has 0 saturated heterocycles. The molecule has 0 bridgehead atoms. The van der Waals surface area contributed by atoms with Gasteiger partial charge < -0.3 is 20.1 Å². The van der Waals surface area contributed by atoms with Gasteiger partial charge in [-0.3, -0.25) is 9.79 Å². The minimum absolute atomic E-state index is 0.152. The Morgan fingerprint density at radius 1 is 1.16 bits per heavy atom. The van der Waals surface area contributed by atoms with Crippen molar-refractivity contribution in [3.8, 4) is 11.8 Å². The maximum absolute atomic E-state index is 14.1. The SMILES string of the molecule is CC1=N[C@]23c4c(cc(C)nc4Cl)O[C@@]2(c2ccc(C#N)cc2)[C@H](c2ccccc2)[C@@H](C(=O)N(C)C)[C@]3(O)N1. The van der Waals surface area contributed by atoms with Gasteiger partial charge in [0.2, 0.25) is 5.91 Å². The van der Waals surface area contributed by atoms with Gasteiger partial charge in [0.15, 0.2) is 16.9 Å². The van der Waals surface area contributed by atoms with E-state index in [0.717, 1.165) is 5.56 Å². The third-order valence-corrected chi connectivity index (χ3v) is 8.30. The summed E-state index contributed by atoms with van der Waals surface area (Å²) in [6.45, 7) is 3.56. The summed E-state index contributed by atoms with van der Waals surface area (Å²) >= 11 is 6.86. The fraction of sp³-hybridized carbons (Fsp3) is 0.310. The van der Waals surface area contributed by atoms with Gasteiger partial charge >= 0.3 is 0 Å². The Balaban J connectivity index is 1.80. The summed E-state index contributed by atoms with van der Waals surface area (Å²) in [5.74, 6) is -1.13. The Hall–Kier alpha value is -3.93. The first-order chi connectivity index (χ1) is 18.1. The lowest BCUT2D eigenvalue weighted by Gasteiger charge is -2.41. The van der Waals surface area contributed by atoms with Crippen LogP contribution < -0.4 is 10.1 Å². The standard InChI is InChI=1S/C29H26ClN5O3/c1-16-14-21-23(25(30)32-16)28-27(38-21,20-12-10-18(15-31)11-13-20)22(19-8-6-5-7-9-19)24(26(36)35(3)4)29(28,37)34-17(2)33-28/h5-14,22,24,37H,1-4H3,(H,33,34)/t22-,24+,27+,28-,29-/m1/s1. The summed E-state index contributed by atoms with van der Waals surface area (Å²) in [6.07, 6.45) is 0. The fourth-order valence-corrected chi connectivity index (χ4v) is 7.15. The Labute approximate surface area is 225 Å². The minimum Gasteiger partial charge on any atom is -0.478 e. The molecule has 2 N–H and O–H groups in total. The number of halogens is 1. The Morgan fingerprint density at radius 3 is 2.47 bits per heavy atom. The molecule has 1 fully saturated rings. The maximum atomic E-state index is 14.1. The summed E-state index contributed by atoms with van der Waals surface area (Å²) < 4.78 is 7.00. The molecule has 38 heavy (non-hydrogen) atoms. The normalized spacial score (nSPS) is 30.3. The number of carbonyl (C=O) groups is 1. The molecule has 3 aromatic rings. The van der Waals surface area contributed by atoms with Crippen LogP contribution in [-0.2, 0) is 15.9 Å². The second kappa shape index (κ2) is 8.03. The number of carbonyl (C=O) groups excluding carboxylic acids is 1. The topological polar surface area (TPSA) is 111 Å². The summed E-state index contributed by atoms with van der Waals surface area (Å²) in [7, 11) is 3.33. The second-order valence-corrected chi connectivity index (χ2v) is 10.7. The lowest BCUT2D eigenvalue weighted by molar-refractivity contribution is -0.146. The number of ether oxygens (including phenoxy) is 1. The van der Waals surface area contributed by atoms with Crippen molar-refractivity contribution in [1.82, 2.24) is 15.2 Å². The number of aryl methyl sites for hydroxylation is 1. The van der Waals surface area contributed by atoms with E-state index >= 15 is 0 Å². The van der Waals surface area contributed by atoms with Crippen molar-refractivity contribution < 1.29 is 14.6 Å². The number of hydrogen-bond acceptors (Lipinski definition) is 7. The van der Waals surface area contributed by atoms with Gasteiger partial charge in [0.1, 0.15) is 10.9 Å². The van der Waals surface area contributed by atoms with Crippen molar-refractivity contribution >= 4 is 23.3 Å². The number of pyridine rings is 1. The summed E-state index contributed by atoms with van der Waals surface area (Å²) in [5.41, 5.74) is -1.91.